The number of hydrogen-bond donors (Lipinski definition) is 0. The first-order valence-electron chi connectivity index (χ1n) is 4.02. The zero-order chi connectivity index (χ0) is 8.39. The third kappa shape index (κ3) is 1.05. The highest BCUT2D eigenvalue weighted by molar-refractivity contribution is 5.54. The number of hydrogen-bond acceptors (Lipinski definition) is 2. The van der Waals surface area contributed by atoms with Crippen molar-refractivity contribution in [3.63, 3.8) is 0 Å². The van der Waals surface area contributed by atoms with Gasteiger partial charge in [-0.05, 0) is 24.6 Å². The third-order valence-electron chi connectivity index (χ3n) is 1.87. The van der Waals surface area contributed by atoms with Crippen LogP contribution in [0.4, 0.5) is 0 Å². The monoisotopic (exact) mass is 162 g/mol. The van der Waals surface area contributed by atoms with E-state index in [1.807, 2.05) is 18.2 Å². The molecule has 12 heavy (non-hydrogen) atoms. The maximum Gasteiger partial charge on any atom is 0.172 e. The van der Waals surface area contributed by atoms with Crippen LogP contribution in [0.25, 0.3) is 11.5 Å². The van der Waals surface area contributed by atoms with Gasteiger partial charge in [-0.15, -0.1) is 0 Å². The van der Waals surface area contributed by atoms with Crippen LogP contribution in [0.5, 0.6) is 0 Å². The van der Waals surface area contributed by atoms with Crippen LogP contribution in [0.2, 0.25) is 0 Å². The van der Waals surface area contributed by atoms with Crippen LogP contribution in [0, 0.1) is 0 Å². The highest BCUT2D eigenvalue weighted by Crippen LogP contribution is 2.25. The van der Waals surface area contributed by atoms with Gasteiger partial charge in [0.05, 0.1) is 12.5 Å². The van der Waals surface area contributed by atoms with E-state index in [-0.39, 0.29) is 0 Å². The molecule has 0 radical (unpaired) electrons. The van der Waals surface area contributed by atoms with Crippen LogP contribution in [0.1, 0.15) is 12.5 Å². The molecule has 62 valence electrons. The molecule has 0 amide bonds. The molecule has 2 heterocycles. The van der Waals surface area contributed by atoms with Crippen LogP contribution in [-0.4, -0.2) is 0 Å². The Labute approximate surface area is 70.8 Å². The molecule has 2 aromatic heterocycles. The topological polar surface area (TPSA) is 26.3 Å². The van der Waals surface area contributed by atoms with E-state index in [0.717, 1.165) is 17.9 Å². The fourth-order valence-electron chi connectivity index (χ4n) is 1.24. The Kier molecular flexibility index (Phi) is 1.74. The molecule has 2 aromatic rings. The van der Waals surface area contributed by atoms with E-state index in [9.17, 15) is 0 Å². The molecular formula is C10H10O2. The normalized spacial score (nSPS) is 10.4. The second-order valence-corrected chi connectivity index (χ2v) is 2.61. The molecule has 0 aromatic carbocycles. The first-order valence-corrected chi connectivity index (χ1v) is 4.02. The third-order valence-corrected chi connectivity index (χ3v) is 1.87. The first kappa shape index (κ1) is 7.22. The van der Waals surface area contributed by atoms with Crippen molar-refractivity contribution < 1.29 is 8.83 Å². The van der Waals surface area contributed by atoms with Crippen molar-refractivity contribution in [3.05, 3.63) is 36.3 Å². The van der Waals surface area contributed by atoms with Gasteiger partial charge in [-0.2, -0.15) is 0 Å². The molecule has 0 fully saturated rings. The van der Waals surface area contributed by atoms with E-state index in [1.165, 1.54) is 5.56 Å². The molecule has 0 atom stereocenters. The summed E-state index contributed by atoms with van der Waals surface area (Å²) in [4.78, 5) is 0. The van der Waals surface area contributed by atoms with E-state index >= 15 is 0 Å². The molecular weight excluding hydrogens is 152 g/mol. The van der Waals surface area contributed by atoms with Gasteiger partial charge in [0.25, 0.3) is 0 Å². The van der Waals surface area contributed by atoms with Crippen molar-refractivity contribution in [3.8, 4) is 11.5 Å². The highest BCUT2D eigenvalue weighted by atomic mass is 16.4. The summed E-state index contributed by atoms with van der Waals surface area (Å²) in [5.41, 5.74) is 1.19. The minimum Gasteiger partial charge on any atom is -0.461 e. The van der Waals surface area contributed by atoms with Gasteiger partial charge in [0.2, 0.25) is 0 Å². The molecule has 0 spiro atoms. The van der Waals surface area contributed by atoms with E-state index in [4.69, 9.17) is 8.83 Å². The summed E-state index contributed by atoms with van der Waals surface area (Å²) in [6, 6.07) is 5.73. The second kappa shape index (κ2) is 2.89. The number of rotatable bonds is 2. The maximum atomic E-state index is 5.31. The summed E-state index contributed by atoms with van der Waals surface area (Å²) >= 11 is 0. The highest BCUT2D eigenvalue weighted by Gasteiger charge is 2.08. The van der Waals surface area contributed by atoms with Gasteiger partial charge < -0.3 is 8.83 Å². The lowest BCUT2D eigenvalue weighted by molar-refractivity contribution is 0.522. The summed E-state index contributed by atoms with van der Waals surface area (Å²) in [5, 5.41) is 0. The molecule has 0 bridgehead atoms. The molecule has 0 saturated carbocycles. The van der Waals surface area contributed by atoms with Crippen molar-refractivity contribution in [2.75, 3.05) is 0 Å². The largest absolute Gasteiger partial charge is 0.461 e. The van der Waals surface area contributed by atoms with Crippen molar-refractivity contribution in [1.82, 2.24) is 0 Å². The molecule has 0 unspecified atom stereocenters. The van der Waals surface area contributed by atoms with Crippen LogP contribution in [0.15, 0.2) is 39.6 Å². The van der Waals surface area contributed by atoms with E-state index in [1.54, 1.807) is 12.5 Å². The van der Waals surface area contributed by atoms with Gasteiger partial charge in [0.1, 0.15) is 0 Å². The van der Waals surface area contributed by atoms with E-state index in [0.29, 0.717) is 0 Å². The Hall–Kier alpha value is -1.44. The van der Waals surface area contributed by atoms with Gasteiger partial charge in [0, 0.05) is 5.56 Å². The minimum atomic E-state index is 0.803. The van der Waals surface area contributed by atoms with Gasteiger partial charge in [0.15, 0.2) is 11.5 Å². The lowest BCUT2D eigenvalue weighted by Gasteiger charge is -1.93. The smallest absolute Gasteiger partial charge is 0.172 e. The fraction of sp³-hybridized carbons (Fsp3) is 0.200. The molecule has 0 aliphatic carbocycles. The average molecular weight is 162 g/mol. The molecule has 0 N–H and O–H groups in total. The second-order valence-electron chi connectivity index (χ2n) is 2.61. The lowest BCUT2D eigenvalue weighted by Crippen LogP contribution is -1.77. The summed E-state index contributed by atoms with van der Waals surface area (Å²) in [6.07, 6.45) is 4.31. The van der Waals surface area contributed by atoms with E-state index in [2.05, 4.69) is 6.92 Å². The Morgan fingerprint density at radius 1 is 1.17 bits per heavy atom. The molecule has 2 nitrogen and oxygen atoms in total. The van der Waals surface area contributed by atoms with Gasteiger partial charge in [-0.25, -0.2) is 0 Å². The van der Waals surface area contributed by atoms with Crippen molar-refractivity contribution >= 4 is 0 Å². The van der Waals surface area contributed by atoms with Gasteiger partial charge in [-0.1, -0.05) is 6.92 Å². The van der Waals surface area contributed by atoms with Crippen LogP contribution >= 0.6 is 0 Å². The molecule has 0 aliphatic heterocycles. The summed E-state index contributed by atoms with van der Waals surface area (Å²) < 4.78 is 10.5. The predicted octanol–water partition coefficient (Wildman–Crippen LogP) is 3.10. The Bertz CT molecular complexity index is 344. The molecule has 2 heteroatoms. The van der Waals surface area contributed by atoms with Gasteiger partial charge >= 0.3 is 0 Å². The number of aryl methyl sites for hydroxylation is 1. The fourth-order valence-corrected chi connectivity index (χ4v) is 1.24. The molecule has 2 rings (SSSR count). The minimum absolute atomic E-state index is 0.803. The quantitative estimate of drug-likeness (QED) is 0.678. The zero-order valence-corrected chi connectivity index (χ0v) is 6.91. The first-order chi connectivity index (χ1) is 5.92. The van der Waals surface area contributed by atoms with E-state index < -0.39 is 0 Å². The van der Waals surface area contributed by atoms with Crippen molar-refractivity contribution in [1.29, 1.82) is 0 Å². The Balaban J connectivity index is 2.46. The summed E-state index contributed by atoms with van der Waals surface area (Å²) in [6.45, 7) is 2.09. The lowest BCUT2D eigenvalue weighted by atomic mass is 10.2. The van der Waals surface area contributed by atoms with Crippen LogP contribution in [-0.2, 0) is 6.42 Å². The van der Waals surface area contributed by atoms with Gasteiger partial charge in [-0.3, -0.25) is 0 Å². The number of furan rings is 2. The zero-order valence-electron chi connectivity index (χ0n) is 6.91. The Morgan fingerprint density at radius 3 is 2.75 bits per heavy atom. The standard InChI is InChI=1S/C10H10O2/c1-2-8-5-7-12-10(8)9-4-3-6-11-9/h3-7H,2H2,1H3. The molecule has 0 saturated heterocycles. The van der Waals surface area contributed by atoms with Crippen molar-refractivity contribution in [2.45, 2.75) is 13.3 Å². The van der Waals surface area contributed by atoms with Crippen LogP contribution in [0.3, 0.4) is 0 Å². The summed E-state index contributed by atoms with van der Waals surface area (Å²) in [5.74, 6) is 1.65. The van der Waals surface area contributed by atoms with Crippen LogP contribution < -0.4 is 0 Å². The Morgan fingerprint density at radius 2 is 2.08 bits per heavy atom. The summed E-state index contributed by atoms with van der Waals surface area (Å²) in [7, 11) is 0. The average Bonchev–Trinajstić information content (AvgIpc) is 2.74. The predicted molar refractivity (Wildman–Crippen MR) is 45.8 cm³/mol. The van der Waals surface area contributed by atoms with Crippen molar-refractivity contribution in [2.24, 2.45) is 0 Å². The maximum absolute atomic E-state index is 5.31. The molecule has 0 aliphatic rings. The SMILES string of the molecule is CCc1ccoc1-c1ccco1.